The van der Waals surface area contributed by atoms with E-state index in [0.717, 1.165) is 68.4 Å². The maximum atomic E-state index is 12.8. The fourth-order valence-corrected chi connectivity index (χ4v) is 6.41. The second-order valence-electron chi connectivity index (χ2n) is 12.1. The Balaban J connectivity index is 1.21. The summed E-state index contributed by atoms with van der Waals surface area (Å²) >= 11 is 0. The van der Waals surface area contributed by atoms with E-state index in [4.69, 9.17) is 0 Å². The van der Waals surface area contributed by atoms with Crippen LogP contribution in [-0.2, 0) is 23.9 Å². The van der Waals surface area contributed by atoms with E-state index in [1.54, 1.807) is 0 Å². The van der Waals surface area contributed by atoms with Gasteiger partial charge < -0.3 is 10.0 Å². The van der Waals surface area contributed by atoms with Crippen molar-refractivity contribution in [3.63, 3.8) is 0 Å². The zero-order valence-electron chi connectivity index (χ0n) is 22.7. The van der Waals surface area contributed by atoms with E-state index in [9.17, 15) is 9.90 Å². The topological polar surface area (TPSA) is 40.5 Å². The number of rotatable bonds is 6. The molecule has 0 amide bonds. The molecular formula is C34H41NO2. The predicted molar refractivity (Wildman–Crippen MR) is 151 cm³/mol. The second-order valence-corrected chi connectivity index (χ2v) is 12.1. The third-order valence-electron chi connectivity index (χ3n) is 8.65. The fourth-order valence-electron chi connectivity index (χ4n) is 6.41. The van der Waals surface area contributed by atoms with Gasteiger partial charge in [0.05, 0.1) is 0 Å². The molecule has 1 fully saturated rings. The van der Waals surface area contributed by atoms with Crippen molar-refractivity contribution in [3.05, 3.63) is 106 Å². The summed E-state index contributed by atoms with van der Waals surface area (Å²) < 4.78 is 0. The molecule has 3 heteroatoms. The van der Waals surface area contributed by atoms with Crippen molar-refractivity contribution < 1.29 is 9.90 Å². The third-order valence-corrected chi connectivity index (χ3v) is 8.65. The molecule has 2 aliphatic rings. The van der Waals surface area contributed by atoms with E-state index in [1.165, 1.54) is 16.7 Å². The fraction of sp³-hybridized carbons (Fsp3) is 0.441. The predicted octanol–water partition coefficient (Wildman–Crippen LogP) is 6.69. The molecule has 0 saturated carbocycles. The first kappa shape index (κ1) is 25.9. The molecule has 1 saturated heterocycles. The molecule has 37 heavy (non-hydrogen) atoms. The second kappa shape index (κ2) is 10.6. The van der Waals surface area contributed by atoms with Gasteiger partial charge in [-0.15, -0.1) is 0 Å². The average molecular weight is 496 g/mol. The standard InChI is InChI=1S/C34H41NO2/c1-33(2,3)28-18-16-27(17-19-28)32(36)13-8-22-35-23-20-29(21-24-35)34(37)30-11-6-4-9-25(30)14-15-26-10-5-7-12-31(26)34/h4-7,9-12,16-19,29,37H,8,13-15,20-24H2,1-3H3. The number of piperidine rings is 1. The van der Waals surface area contributed by atoms with Gasteiger partial charge in [-0.05, 0) is 90.9 Å². The minimum Gasteiger partial charge on any atom is -0.380 e. The molecule has 5 rings (SSSR count). The Morgan fingerprint density at radius 2 is 1.41 bits per heavy atom. The highest BCUT2D eigenvalue weighted by molar-refractivity contribution is 5.96. The van der Waals surface area contributed by atoms with Crippen LogP contribution in [0.25, 0.3) is 0 Å². The summed E-state index contributed by atoms with van der Waals surface area (Å²) in [4.78, 5) is 15.2. The lowest BCUT2D eigenvalue weighted by Gasteiger charge is -2.43. The van der Waals surface area contributed by atoms with Crippen molar-refractivity contribution in [1.29, 1.82) is 0 Å². The number of ketones is 1. The molecule has 3 nitrogen and oxygen atoms in total. The maximum absolute atomic E-state index is 12.8. The third kappa shape index (κ3) is 5.30. The lowest BCUT2D eigenvalue weighted by atomic mass is 9.70. The molecule has 0 radical (unpaired) electrons. The minimum atomic E-state index is -0.940. The minimum absolute atomic E-state index is 0.0990. The van der Waals surface area contributed by atoms with Gasteiger partial charge in [0.25, 0.3) is 0 Å². The molecule has 0 bridgehead atoms. The number of hydrogen-bond donors (Lipinski definition) is 1. The van der Waals surface area contributed by atoms with Crippen molar-refractivity contribution in [2.45, 2.75) is 70.3 Å². The Labute approximate surface area is 222 Å². The number of aryl methyl sites for hydroxylation is 2. The van der Waals surface area contributed by atoms with Gasteiger partial charge in [0.2, 0.25) is 0 Å². The van der Waals surface area contributed by atoms with Gasteiger partial charge >= 0.3 is 0 Å². The van der Waals surface area contributed by atoms with Crippen LogP contribution in [0.5, 0.6) is 0 Å². The summed E-state index contributed by atoms with van der Waals surface area (Å²) in [6, 6.07) is 25.1. The van der Waals surface area contributed by atoms with Crippen molar-refractivity contribution in [3.8, 4) is 0 Å². The summed E-state index contributed by atoms with van der Waals surface area (Å²) in [7, 11) is 0. The van der Waals surface area contributed by atoms with Gasteiger partial charge in [-0.1, -0.05) is 93.6 Å². The van der Waals surface area contributed by atoms with Crippen LogP contribution >= 0.6 is 0 Å². The quantitative estimate of drug-likeness (QED) is 0.387. The van der Waals surface area contributed by atoms with Crippen LogP contribution in [0.15, 0.2) is 72.8 Å². The first-order chi connectivity index (χ1) is 17.8. The monoisotopic (exact) mass is 495 g/mol. The Morgan fingerprint density at radius 1 is 0.865 bits per heavy atom. The van der Waals surface area contributed by atoms with Crippen molar-refractivity contribution in [2.75, 3.05) is 19.6 Å². The van der Waals surface area contributed by atoms with Crippen LogP contribution in [0.2, 0.25) is 0 Å². The van der Waals surface area contributed by atoms with Crippen LogP contribution in [0.3, 0.4) is 0 Å². The molecule has 1 heterocycles. The van der Waals surface area contributed by atoms with Crippen molar-refractivity contribution >= 4 is 5.78 Å². The molecule has 3 aromatic rings. The summed E-state index contributed by atoms with van der Waals surface area (Å²) in [5, 5.41) is 12.4. The number of carbonyl (C=O) groups excluding carboxylic acids is 1. The summed E-state index contributed by atoms with van der Waals surface area (Å²) in [5.41, 5.74) is 5.98. The Hall–Kier alpha value is -2.75. The van der Waals surface area contributed by atoms with E-state index in [0.29, 0.717) is 6.42 Å². The normalized spacial score (nSPS) is 18.1. The van der Waals surface area contributed by atoms with Crippen LogP contribution in [0.1, 0.15) is 84.6 Å². The van der Waals surface area contributed by atoms with Crippen LogP contribution < -0.4 is 0 Å². The Morgan fingerprint density at radius 3 is 1.95 bits per heavy atom. The lowest BCUT2D eigenvalue weighted by Crippen LogP contribution is -2.45. The zero-order chi connectivity index (χ0) is 26.0. The van der Waals surface area contributed by atoms with Gasteiger partial charge in [0.15, 0.2) is 5.78 Å². The highest BCUT2D eigenvalue weighted by Gasteiger charge is 2.44. The average Bonchev–Trinajstić information content (AvgIpc) is 3.04. The first-order valence-electron chi connectivity index (χ1n) is 14.0. The maximum Gasteiger partial charge on any atom is 0.162 e. The molecule has 194 valence electrons. The highest BCUT2D eigenvalue weighted by atomic mass is 16.3. The van der Waals surface area contributed by atoms with E-state index in [-0.39, 0.29) is 17.1 Å². The van der Waals surface area contributed by atoms with Gasteiger partial charge in [0, 0.05) is 12.0 Å². The number of Topliss-reactive ketones (excluding diaryl/α,β-unsaturated/α-hetero) is 1. The zero-order valence-corrected chi connectivity index (χ0v) is 22.7. The van der Waals surface area contributed by atoms with Crippen LogP contribution in [0.4, 0.5) is 0 Å². The molecule has 1 aliphatic heterocycles. The largest absolute Gasteiger partial charge is 0.380 e. The highest BCUT2D eigenvalue weighted by Crippen LogP contribution is 2.46. The number of carbonyl (C=O) groups is 1. The van der Waals surface area contributed by atoms with Gasteiger partial charge in [-0.3, -0.25) is 4.79 Å². The molecule has 1 N–H and O–H groups in total. The van der Waals surface area contributed by atoms with Gasteiger partial charge in [0.1, 0.15) is 5.60 Å². The molecule has 1 aliphatic carbocycles. The van der Waals surface area contributed by atoms with Crippen molar-refractivity contribution in [1.82, 2.24) is 4.90 Å². The number of fused-ring (bicyclic) bond motifs is 2. The Bertz CT molecular complexity index is 1180. The number of nitrogens with zero attached hydrogens (tertiary/aromatic N) is 1. The van der Waals surface area contributed by atoms with E-state index < -0.39 is 5.60 Å². The number of aliphatic hydroxyl groups is 1. The number of likely N-dealkylation sites (tertiary alicyclic amines) is 1. The first-order valence-corrected chi connectivity index (χ1v) is 14.0. The Kier molecular flexibility index (Phi) is 7.38. The number of benzene rings is 3. The molecule has 0 aromatic heterocycles. The van der Waals surface area contributed by atoms with E-state index >= 15 is 0 Å². The summed E-state index contributed by atoms with van der Waals surface area (Å²) in [5.74, 6) is 0.420. The van der Waals surface area contributed by atoms with Gasteiger partial charge in [-0.25, -0.2) is 0 Å². The molecule has 0 atom stereocenters. The summed E-state index contributed by atoms with van der Waals surface area (Å²) in [6.07, 6.45) is 5.32. The van der Waals surface area contributed by atoms with E-state index in [2.05, 4.69) is 86.3 Å². The van der Waals surface area contributed by atoms with E-state index in [1.807, 2.05) is 12.1 Å². The lowest BCUT2D eigenvalue weighted by molar-refractivity contribution is -0.0147. The van der Waals surface area contributed by atoms with Crippen LogP contribution in [0, 0.1) is 5.92 Å². The molecule has 0 unspecified atom stereocenters. The smallest absolute Gasteiger partial charge is 0.162 e. The van der Waals surface area contributed by atoms with Crippen LogP contribution in [-0.4, -0.2) is 35.4 Å². The van der Waals surface area contributed by atoms with Gasteiger partial charge in [-0.2, -0.15) is 0 Å². The molecule has 0 spiro atoms. The van der Waals surface area contributed by atoms with Crippen molar-refractivity contribution in [2.24, 2.45) is 5.92 Å². The summed E-state index contributed by atoms with van der Waals surface area (Å²) in [6.45, 7) is 9.44. The molecule has 3 aromatic carbocycles. The molecular weight excluding hydrogens is 454 g/mol. The number of hydrogen-bond acceptors (Lipinski definition) is 3. The SMILES string of the molecule is CC(C)(C)c1ccc(C(=O)CCCN2CCC(C3(O)c4ccccc4CCc4ccccc43)CC2)cc1.